The van der Waals surface area contributed by atoms with Gasteiger partial charge in [0.25, 0.3) is 11.8 Å². The number of hydrogen-bond acceptors (Lipinski definition) is 5. The summed E-state index contributed by atoms with van der Waals surface area (Å²) in [7, 11) is 0. The van der Waals surface area contributed by atoms with Gasteiger partial charge in [0.15, 0.2) is 12.7 Å². The van der Waals surface area contributed by atoms with Crippen molar-refractivity contribution in [3.8, 4) is 5.75 Å². The Hall–Kier alpha value is -3.15. The van der Waals surface area contributed by atoms with Crippen LogP contribution < -0.4 is 10.1 Å². The van der Waals surface area contributed by atoms with Gasteiger partial charge in [-0.1, -0.05) is 51.1 Å². The van der Waals surface area contributed by atoms with E-state index in [2.05, 4.69) is 26.1 Å². The number of nitrogens with one attached hydrogen (secondary N) is 1. The van der Waals surface area contributed by atoms with Crippen molar-refractivity contribution in [2.75, 3.05) is 6.61 Å². The van der Waals surface area contributed by atoms with Gasteiger partial charge in [-0.15, -0.1) is 0 Å². The topological polar surface area (TPSA) is 81.7 Å². The number of rotatable bonds is 6. The second kappa shape index (κ2) is 9.17. The Balaban J connectivity index is 1.80. The van der Waals surface area contributed by atoms with E-state index in [4.69, 9.17) is 9.47 Å². The number of esters is 1. The van der Waals surface area contributed by atoms with Crippen LogP contribution in [0.25, 0.3) is 0 Å². The van der Waals surface area contributed by atoms with Crippen LogP contribution in [-0.4, -0.2) is 30.5 Å². The predicted octanol–water partition coefficient (Wildman–Crippen LogP) is 3.25. The third-order valence-electron chi connectivity index (χ3n) is 4.00. The van der Waals surface area contributed by atoms with Gasteiger partial charge in [0.1, 0.15) is 5.75 Å². The number of carbonyl (C=O) groups excluding carboxylic acids is 3. The zero-order valence-corrected chi connectivity index (χ0v) is 16.5. The summed E-state index contributed by atoms with van der Waals surface area (Å²) in [5, 5.41) is 2.16. The van der Waals surface area contributed by atoms with Crippen LogP contribution in [0, 0.1) is 0 Å². The van der Waals surface area contributed by atoms with Gasteiger partial charge in [0, 0.05) is 5.56 Å². The van der Waals surface area contributed by atoms with Crippen molar-refractivity contribution in [2.24, 2.45) is 0 Å². The number of carbonyl (C=O) groups is 3. The summed E-state index contributed by atoms with van der Waals surface area (Å²) in [6.45, 7) is 7.30. The second-order valence-electron chi connectivity index (χ2n) is 7.39. The highest BCUT2D eigenvalue weighted by molar-refractivity contribution is 6.05. The first-order valence-electron chi connectivity index (χ1n) is 9.00. The SMILES string of the molecule is C[C@H](Oc1ccc(C(C)(C)C)cc1)C(=O)OCC(=O)NC(=O)c1ccccc1. The maximum atomic E-state index is 12.0. The Morgan fingerprint density at radius 2 is 1.57 bits per heavy atom. The van der Waals surface area contributed by atoms with Gasteiger partial charge in [-0.05, 0) is 42.2 Å². The van der Waals surface area contributed by atoms with E-state index in [0.717, 1.165) is 5.56 Å². The number of amides is 2. The molecule has 0 saturated carbocycles. The largest absolute Gasteiger partial charge is 0.479 e. The zero-order chi connectivity index (χ0) is 20.7. The highest BCUT2D eigenvalue weighted by Gasteiger charge is 2.19. The van der Waals surface area contributed by atoms with E-state index >= 15 is 0 Å². The van der Waals surface area contributed by atoms with Crippen LogP contribution in [-0.2, 0) is 19.7 Å². The lowest BCUT2D eigenvalue weighted by Gasteiger charge is -2.20. The molecule has 1 N–H and O–H groups in total. The van der Waals surface area contributed by atoms with Crippen molar-refractivity contribution < 1.29 is 23.9 Å². The molecule has 2 aromatic rings. The standard InChI is InChI=1S/C22H25NO5/c1-15(28-18-12-10-17(11-13-18)22(2,3)4)21(26)27-14-19(24)23-20(25)16-8-6-5-7-9-16/h5-13,15H,14H2,1-4H3,(H,23,24,25)/t15-/m0/s1. The van der Waals surface area contributed by atoms with Crippen molar-refractivity contribution in [1.29, 1.82) is 0 Å². The molecule has 0 fully saturated rings. The van der Waals surface area contributed by atoms with Crippen LogP contribution in [0.15, 0.2) is 54.6 Å². The van der Waals surface area contributed by atoms with Crippen LogP contribution in [0.3, 0.4) is 0 Å². The molecule has 0 heterocycles. The van der Waals surface area contributed by atoms with Gasteiger partial charge in [-0.2, -0.15) is 0 Å². The first-order valence-corrected chi connectivity index (χ1v) is 9.00. The molecule has 28 heavy (non-hydrogen) atoms. The normalized spacial score (nSPS) is 12.0. The second-order valence-corrected chi connectivity index (χ2v) is 7.39. The van der Waals surface area contributed by atoms with E-state index in [1.165, 1.54) is 6.92 Å². The lowest BCUT2D eigenvalue weighted by molar-refractivity contribution is -0.154. The molecule has 0 spiro atoms. The summed E-state index contributed by atoms with van der Waals surface area (Å²) in [4.78, 5) is 35.7. The van der Waals surface area contributed by atoms with E-state index in [-0.39, 0.29) is 5.41 Å². The summed E-state index contributed by atoms with van der Waals surface area (Å²) >= 11 is 0. The van der Waals surface area contributed by atoms with E-state index in [1.54, 1.807) is 42.5 Å². The quantitative estimate of drug-likeness (QED) is 0.775. The van der Waals surface area contributed by atoms with Crippen LogP contribution in [0.4, 0.5) is 0 Å². The molecule has 0 bridgehead atoms. The van der Waals surface area contributed by atoms with Crippen molar-refractivity contribution in [1.82, 2.24) is 5.32 Å². The first kappa shape index (κ1) is 21.2. The molecule has 148 valence electrons. The minimum absolute atomic E-state index is 0.0215. The summed E-state index contributed by atoms with van der Waals surface area (Å²) in [5.74, 6) is -1.42. The Morgan fingerprint density at radius 1 is 0.964 bits per heavy atom. The fourth-order valence-electron chi connectivity index (χ4n) is 2.36. The maximum absolute atomic E-state index is 12.0. The molecule has 0 aromatic heterocycles. The molecule has 6 nitrogen and oxygen atoms in total. The molecule has 2 amide bonds. The molecule has 0 aliphatic heterocycles. The van der Waals surface area contributed by atoms with Crippen molar-refractivity contribution in [3.05, 3.63) is 65.7 Å². The first-order chi connectivity index (χ1) is 13.2. The summed E-state index contributed by atoms with van der Waals surface area (Å²) in [6, 6.07) is 15.7. The lowest BCUT2D eigenvalue weighted by Crippen LogP contribution is -2.36. The monoisotopic (exact) mass is 383 g/mol. The van der Waals surface area contributed by atoms with Crippen molar-refractivity contribution in [2.45, 2.75) is 39.2 Å². The number of ether oxygens (including phenoxy) is 2. The molecular weight excluding hydrogens is 358 g/mol. The maximum Gasteiger partial charge on any atom is 0.347 e. The molecule has 2 aromatic carbocycles. The minimum Gasteiger partial charge on any atom is -0.479 e. The van der Waals surface area contributed by atoms with Crippen LogP contribution in [0.5, 0.6) is 5.75 Å². The third-order valence-corrected chi connectivity index (χ3v) is 4.00. The minimum atomic E-state index is -0.891. The fraction of sp³-hybridized carbons (Fsp3) is 0.318. The van der Waals surface area contributed by atoms with Gasteiger partial charge in [-0.25, -0.2) is 4.79 Å². The summed E-state index contributed by atoms with van der Waals surface area (Å²) in [5.41, 5.74) is 1.51. The van der Waals surface area contributed by atoms with Crippen LogP contribution >= 0.6 is 0 Å². The van der Waals surface area contributed by atoms with E-state index < -0.39 is 30.5 Å². The average molecular weight is 383 g/mol. The Morgan fingerprint density at radius 3 is 2.14 bits per heavy atom. The van der Waals surface area contributed by atoms with E-state index in [1.807, 2.05) is 12.1 Å². The van der Waals surface area contributed by atoms with Crippen molar-refractivity contribution >= 4 is 17.8 Å². The molecular formula is C22H25NO5. The molecule has 6 heteroatoms. The molecule has 0 unspecified atom stereocenters. The van der Waals surface area contributed by atoms with Crippen LogP contribution in [0.2, 0.25) is 0 Å². The molecule has 1 atom stereocenters. The molecule has 0 aliphatic rings. The Kier molecular flexibility index (Phi) is 6.93. The molecule has 2 rings (SSSR count). The van der Waals surface area contributed by atoms with E-state index in [0.29, 0.717) is 11.3 Å². The molecule has 0 saturated heterocycles. The number of hydrogen-bond donors (Lipinski definition) is 1. The van der Waals surface area contributed by atoms with Gasteiger partial charge in [-0.3, -0.25) is 14.9 Å². The summed E-state index contributed by atoms with van der Waals surface area (Å²) < 4.78 is 10.5. The predicted molar refractivity (Wildman–Crippen MR) is 105 cm³/mol. The fourth-order valence-corrected chi connectivity index (χ4v) is 2.36. The van der Waals surface area contributed by atoms with Gasteiger partial charge in [0.2, 0.25) is 0 Å². The highest BCUT2D eigenvalue weighted by Crippen LogP contribution is 2.24. The zero-order valence-electron chi connectivity index (χ0n) is 16.5. The Bertz CT molecular complexity index is 822. The molecule has 0 aliphatic carbocycles. The summed E-state index contributed by atoms with van der Waals surface area (Å²) in [6.07, 6.45) is -0.891. The lowest BCUT2D eigenvalue weighted by atomic mass is 9.87. The van der Waals surface area contributed by atoms with Gasteiger partial charge < -0.3 is 9.47 Å². The van der Waals surface area contributed by atoms with Crippen molar-refractivity contribution in [3.63, 3.8) is 0 Å². The van der Waals surface area contributed by atoms with Gasteiger partial charge >= 0.3 is 5.97 Å². The number of imide groups is 1. The Labute approximate surface area is 164 Å². The van der Waals surface area contributed by atoms with Crippen LogP contribution in [0.1, 0.15) is 43.6 Å². The smallest absolute Gasteiger partial charge is 0.347 e. The average Bonchev–Trinajstić information content (AvgIpc) is 2.66. The van der Waals surface area contributed by atoms with E-state index in [9.17, 15) is 14.4 Å². The highest BCUT2D eigenvalue weighted by atomic mass is 16.6. The molecule has 0 radical (unpaired) electrons. The number of benzene rings is 2. The third kappa shape index (κ3) is 6.23. The van der Waals surface area contributed by atoms with Gasteiger partial charge in [0.05, 0.1) is 0 Å².